The normalized spacial score (nSPS) is 11.9. The molecule has 4 heteroatoms. The molecule has 0 aliphatic rings. The molecule has 0 saturated heterocycles. The van der Waals surface area contributed by atoms with Gasteiger partial charge < -0.3 is 9.52 Å². The van der Waals surface area contributed by atoms with Crippen LogP contribution in [0.25, 0.3) is 11.0 Å². The quantitative estimate of drug-likeness (QED) is 0.847. The third-order valence-corrected chi connectivity index (χ3v) is 2.47. The summed E-state index contributed by atoms with van der Waals surface area (Å²) in [6.45, 7) is 2.74. The van der Waals surface area contributed by atoms with Gasteiger partial charge >= 0.3 is 5.97 Å². The van der Waals surface area contributed by atoms with Gasteiger partial charge in [-0.05, 0) is 26.0 Å². The Balaban J connectivity index is 2.83. The average Bonchev–Trinajstić information content (AvgIpc) is 2.59. The van der Waals surface area contributed by atoms with E-state index in [0.29, 0.717) is 11.0 Å². The molecule has 0 saturated carbocycles. The Bertz CT molecular complexity index is 549. The maximum Gasteiger partial charge on any atom is 0.336 e. The van der Waals surface area contributed by atoms with Crippen LogP contribution in [0, 0.1) is 0 Å². The molecule has 0 unspecified atom stereocenters. The van der Waals surface area contributed by atoms with E-state index in [9.17, 15) is 9.18 Å². The lowest BCUT2D eigenvalue weighted by Gasteiger charge is -2.12. The number of benzene rings is 1. The van der Waals surface area contributed by atoms with Crippen molar-refractivity contribution in [2.24, 2.45) is 0 Å². The molecular weight excluding hydrogens is 211 g/mol. The van der Waals surface area contributed by atoms with Crippen LogP contribution in [-0.2, 0) is 5.67 Å². The van der Waals surface area contributed by atoms with Crippen LogP contribution in [-0.4, -0.2) is 11.1 Å². The summed E-state index contributed by atoms with van der Waals surface area (Å²) in [5, 5.41) is 9.36. The van der Waals surface area contributed by atoms with E-state index in [-0.39, 0.29) is 11.1 Å². The summed E-state index contributed by atoms with van der Waals surface area (Å²) < 4.78 is 19.0. The van der Waals surface area contributed by atoms with Crippen LogP contribution in [0.2, 0.25) is 0 Å². The van der Waals surface area contributed by atoms with Crippen LogP contribution in [0.5, 0.6) is 0 Å². The fraction of sp³-hybridized carbons (Fsp3) is 0.250. The number of fused-ring (bicyclic) bond motifs is 1. The lowest BCUT2D eigenvalue weighted by atomic mass is 9.96. The number of rotatable bonds is 2. The monoisotopic (exact) mass is 222 g/mol. The smallest absolute Gasteiger partial charge is 0.336 e. The molecule has 0 aliphatic carbocycles. The maximum absolute atomic E-state index is 13.9. The second-order valence-corrected chi connectivity index (χ2v) is 4.11. The molecular formula is C12H11FO3. The van der Waals surface area contributed by atoms with Gasteiger partial charge in [0.1, 0.15) is 11.3 Å². The summed E-state index contributed by atoms with van der Waals surface area (Å²) >= 11 is 0. The van der Waals surface area contributed by atoms with Gasteiger partial charge in [0.15, 0.2) is 0 Å². The third kappa shape index (κ3) is 1.56. The second kappa shape index (κ2) is 3.33. The molecule has 0 fully saturated rings. The minimum atomic E-state index is -1.63. The number of carboxylic acids is 1. The van der Waals surface area contributed by atoms with E-state index in [1.165, 1.54) is 26.2 Å². The third-order valence-electron chi connectivity index (χ3n) is 2.47. The van der Waals surface area contributed by atoms with E-state index >= 15 is 0 Å². The van der Waals surface area contributed by atoms with Gasteiger partial charge in [0.05, 0.1) is 11.8 Å². The van der Waals surface area contributed by atoms with Gasteiger partial charge in [-0.25, -0.2) is 9.18 Å². The fourth-order valence-electron chi connectivity index (χ4n) is 1.70. The Morgan fingerprint density at radius 1 is 1.44 bits per heavy atom. The number of furan rings is 1. The first-order chi connectivity index (χ1) is 7.41. The Morgan fingerprint density at radius 2 is 2.12 bits per heavy atom. The van der Waals surface area contributed by atoms with Crippen LogP contribution in [0.15, 0.2) is 28.9 Å². The number of aromatic carboxylic acids is 1. The summed E-state index contributed by atoms with van der Waals surface area (Å²) in [6.07, 6.45) is 1.27. The first-order valence-electron chi connectivity index (χ1n) is 4.84. The van der Waals surface area contributed by atoms with Crippen LogP contribution >= 0.6 is 0 Å². The summed E-state index contributed by atoms with van der Waals surface area (Å²) in [5.41, 5.74) is -0.912. The number of halogens is 1. The summed E-state index contributed by atoms with van der Waals surface area (Å²) in [7, 11) is 0. The average molecular weight is 222 g/mol. The molecule has 0 bridgehead atoms. The molecule has 2 aromatic rings. The Morgan fingerprint density at radius 3 is 2.69 bits per heavy atom. The highest BCUT2D eigenvalue weighted by Gasteiger charge is 2.26. The van der Waals surface area contributed by atoms with Gasteiger partial charge in [0.25, 0.3) is 0 Å². The molecule has 16 heavy (non-hydrogen) atoms. The highest BCUT2D eigenvalue weighted by molar-refractivity contribution is 6.03. The Hall–Kier alpha value is -1.84. The second-order valence-electron chi connectivity index (χ2n) is 4.11. The van der Waals surface area contributed by atoms with Crippen molar-refractivity contribution >= 4 is 16.9 Å². The largest absolute Gasteiger partial charge is 0.478 e. The zero-order chi connectivity index (χ0) is 11.9. The van der Waals surface area contributed by atoms with E-state index in [2.05, 4.69) is 0 Å². The van der Waals surface area contributed by atoms with Gasteiger partial charge in [0, 0.05) is 10.9 Å². The van der Waals surface area contributed by atoms with E-state index in [1.807, 2.05) is 0 Å². The molecule has 1 heterocycles. The van der Waals surface area contributed by atoms with Gasteiger partial charge in [0.2, 0.25) is 0 Å². The minimum Gasteiger partial charge on any atom is -0.478 e. The van der Waals surface area contributed by atoms with Gasteiger partial charge in [-0.3, -0.25) is 0 Å². The molecule has 0 spiro atoms. The highest BCUT2D eigenvalue weighted by atomic mass is 19.1. The van der Waals surface area contributed by atoms with Crippen molar-refractivity contribution in [2.45, 2.75) is 19.5 Å². The van der Waals surface area contributed by atoms with Crippen molar-refractivity contribution in [3.63, 3.8) is 0 Å². The summed E-state index contributed by atoms with van der Waals surface area (Å²) in [6, 6.07) is 4.64. The molecule has 2 rings (SSSR count). The first kappa shape index (κ1) is 10.7. The molecule has 0 radical (unpaired) electrons. The molecule has 0 amide bonds. The van der Waals surface area contributed by atoms with E-state index < -0.39 is 11.6 Å². The highest BCUT2D eigenvalue weighted by Crippen LogP contribution is 2.34. The van der Waals surface area contributed by atoms with Crippen molar-refractivity contribution in [3.8, 4) is 0 Å². The first-order valence-corrected chi connectivity index (χ1v) is 4.84. The zero-order valence-electron chi connectivity index (χ0n) is 8.95. The number of carboxylic acid groups (broad SMARTS) is 1. The predicted octanol–water partition coefficient (Wildman–Crippen LogP) is 3.34. The van der Waals surface area contributed by atoms with E-state index in [4.69, 9.17) is 9.52 Å². The lowest BCUT2D eigenvalue weighted by Crippen LogP contribution is -2.09. The van der Waals surface area contributed by atoms with Crippen LogP contribution in [0.4, 0.5) is 4.39 Å². The van der Waals surface area contributed by atoms with Crippen molar-refractivity contribution in [1.29, 1.82) is 0 Å². The maximum atomic E-state index is 13.9. The van der Waals surface area contributed by atoms with Gasteiger partial charge in [-0.1, -0.05) is 6.07 Å². The van der Waals surface area contributed by atoms with Crippen LogP contribution in [0.1, 0.15) is 29.8 Å². The summed E-state index contributed by atoms with van der Waals surface area (Å²) in [4.78, 5) is 11.0. The molecule has 1 N–H and O–H groups in total. The SMILES string of the molecule is CC(C)(F)c1coc2cccc(C(=O)O)c12. The predicted molar refractivity (Wildman–Crippen MR) is 57.3 cm³/mol. The Kier molecular flexibility index (Phi) is 2.22. The molecule has 0 atom stereocenters. The van der Waals surface area contributed by atoms with E-state index in [1.54, 1.807) is 12.1 Å². The fourth-order valence-corrected chi connectivity index (χ4v) is 1.70. The molecule has 1 aromatic carbocycles. The summed E-state index contributed by atoms with van der Waals surface area (Å²) in [5.74, 6) is -1.09. The van der Waals surface area contributed by atoms with E-state index in [0.717, 1.165) is 0 Å². The molecule has 0 aliphatic heterocycles. The number of alkyl halides is 1. The van der Waals surface area contributed by atoms with Crippen LogP contribution in [0.3, 0.4) is 0 Å². The minimum absolute atomic E-state index is 0.0620. The van der Waals surface area contributed by atoms with Crippen molar-refractivity contribution in [1.82, 2.24) is 0 Å². The van der Waals surface area contributed by atoms with Gasteiger partial charge in [-0.15, -0.1) is 0 Å². The number of hydrogen-bond donors (Lipinski definition) is 1. The number of hydrogen-bond acceptors (Lipinski definition) is 2. The topological polar surface area (TPSA) is 50.4 Å². The lowest BCUT2D eigenvalue weighted by molar-refractivity contribution is 0.0699. The number of carbonyl (C=O) groups is 1. The standard InChI is InChI=1S/C12H11FO3/c1-12(2,13)8-6-16-9-5-3-4-7(10(8)9)11(14)15/h3-6H,1-2H3,(H,14,15). The zero-order valence-corrected chi connectivity index (χ0v) is 8.95. The van der Waals surface area contributed by atoms with Crippen LogP contribution < -0.4 is 0 Å². The molecule has 84 valence electrons. The van der Waals surface area contributed by atoms with Crippen molar-refractivity contribution in [2.75, 3.05) is 0 Å². The van der Waals surface area contributed by atoms with Gasteiger partial charge in [-0.2, -0.15) is 0 Å². The van der Waals surface area contributed by atoms with Crippen molar-refractivity contribution in [3.05, 3.63) is 35.6 Å². The molecule has 3 nitrogen and oxygen atoms in total. The Labute approximate surface area is 91.5 Å². The van der Waals surface area contributed by atoms with Crippen molar-refractivity contribution < 1.29 is 18.7 Å². The molecule has 1 aromatic heterocycles.